The molecule has 4 rings (SSSR count). The van der Waals surface area contributed by atoms with Gasteiger partial charge in [-0.25, -0.2) is 13.4 Å². The number of pyridine rings is 1. The second-order valence-electron chi connectivity index (χ2n) is 7.04. The molecular formula is C23H20N4O3S2. The van der Waals surface area contributed by atoms with Gasteiger partial charge in [-0.1, -0.05) is 23.8 Å². The molecule has 0 bridgehead atoms. The van der Waals surface area contributed by atoms with E-state index in [0.29, 0.717) is 22.1 Å². The minimum Gasteiger partial charge on any atom is -0.298 e. The molecule has 1 amide bonds. The summed E-state index contributed by atoms with van der Waals surface area (Å²) in [7, 11) is -2.25. The molecule has 32 heavy (non-hydrogen) atoms. The first-order valence-electron chi connectivity index (χ1n) is 9.68. The lowest BCUT2D eigenvalue weighted by atomic mass is 10.2. The smallest absolute Gasteiger partial charge is 0.264 e. The van der Waals surface area contributed by atoms with Crippen molar-refractivity contribution in [3.05, 3.63) is 89.4 Å². The maximum absolute atomic E-state index is 12.9. The molecular weight excluding hydrogens is 444 g/mol. The molecule has 0 radical (unpaired) electrons. The van der Waals surface area contributed by atoms with Gasteiger partial charge in [-0.3, -0.25) is 19.4 Å². The van der Waals surface area contributed by atoms with Crippen LogP contribution < -0.4 is 9.62 Å². The topological polar surface area (TPSA) is 92.3 Å². The zero-order valence-electron chi connectivity index (χ0n) is 17.4. The maximum atomic E-state index is 12.9. The number of sulfonamides is 1. The number of nitrogens with one attached hydrogen (secondary N) is 1. The van der Waals surface area contributed by atoms with E-state index in [1.165, 1.54) is 47.0 Å². The van der Waals surface area contributed by atoms with Gasteiger partial charge in [0.25, 0.3) is 15.9 Å². The molecule has 2 aromatic heterocycles. The number of amides is 1. The quantitative estimate of drug-likeness (QED) is 0.451. The summed E-state index contributed by atoms with van der Waals surface area (Å²) < 4.78 is 27.1. The fourth-order valence-corrected chi connectivity index (χ4v) is 4.86. The van der Waals surface area contributed by atoms with E-state index in [2.05, 4.69) is 15.3 Å². The van der Waals surface area contributed by atoms with Crippen LogP contribution >= 0.6 is 11.3 Å². The van der Waals surface area contributed by atoms with E-state index in [9.17, 15) is 13.2 Å². The van der Waals surface area contributed by atoms with Crippen molar-refractivity contribution in [3.63, 3.8) is 0 Å². The van der Waals surface area contributed by atoms with Crippen molar-refractivity contribution >= 4 is 38.1 Å². The Morgan fingerprint density at radius 1 is 0.969 bits per heavy atom. The van der Waals surface area contributed by atoms with Crippen LogP contribution in [0.15, 0.2) is 83.2 Å². The summed E-state index contributed by atoms with van der Waals surface area (Å²) in [6.07, 6.45) is 1.68. The number of carbonyl (C=O) groups excluding carboxylic acids is 1. The summed E-state index contributed by atoms with van der Waals surface area (Å²) in [5.74, 6) is -0.372. The van der Waals surface area contributed by atoms with Crippen LogP contribution in [0.25, 0.3) is 11.4 Å². The van der Waals surface area contributed by atoms with Crippen molar-refractivity contribution in [2.24, 2.45) is 0 Å². The van der Waals surface area contributed by atoms with Crippen LogP contribution in [0.5, 0.6) is 0 Å². The fourth-order valence-electron chi connectivity index (χ4n) is 2.96. The summed E-state index contributed by atoms with van der Waals surface area (Å²) in [6, 6.07) is 18.6. The van der Waals surface area contributed by atoms with Crippen LogP contribution in [0.4, 0.5) is 10.8 Å². The molecule has 0 spiro atoms. The van der Waals surface area contributed by atoms with Crippen LogP contribution in [-0.4, -0.2) is 31.3 Å². The van der Waals surface area contributed by atoms with E-state index >= 15 is 0 Å². The standard InChI is InChI=1S/C23H20N4O3S2/c1-16-6-10-18(11-7-16)27(2)32(29,30)19-12-8-17(9-13-19)22(28)26-23-25-21(15-31-23)20-5-3-4-14-24-20/h3-15H,1-2H3,(H,25,26,28). The SMILES string of the molecule is Cc1ccc(N(C)S(=O)(=O)c2ccc(C(=O)Nc3nc(-c4ccccn4)cs3)cc2)cc1. The summed E-state index contributed by atoms with van der Waals surface area (Å²) in [4.78, 5) is 21.3. The van der Waals surface area contributed by atoms with Crippen molar-refractivity contribution in [1.29, 1.82) is 0 Å². The highest BCUT2D eigenvalue weighted by molar-refractivity contribution is 7.92. The zero-order chi connectivity index (χ0) is 22.7. The van der Waals surface area contributed by atoms with Gasteiger partial charge in [0.1, 0.15) is 5.69 Å². The Labute approximate surface area is 190 Å². The average Bonchev–Trinajstić information content (AvgIpc) is 3.28. The van der Waals surface area contributed by atoms with Gasteiger partial charge in [0.05, 0.1) is 16.3 Å². The van der Waals surface area contributed by atoms with Crippen molar-refractivity contribution < 1.29 is 13.2 Å². The second-order valence-corrected chi connectivity index (χ2v) is 9.87. The number of benzene rings is 2. The minimum absolute atomic E-state index is 0.101. The third-order valence-electron chi connectivity index (χ3n) is 4.82. The molecule has 0 aliphatic rings. The fraction of sp³-hybridized carbons (Fsp3) is 0.0870. The maximum Gasteiger partial charge on any atom is 0.264 e. The summed E-state index contributed by atoms with van der Waals surface area (Å²) in [6.45, 7) is 1.94. The summed E-state index contributed by atoms with van der Waals surface area (Å²) >= 11 is 1.29. The number of rotatable bonds is 6. The molecule has 0 aliphatic carbocycles. The van der Waals surface area contributed by atoms with E-state index in [1.807, 2.05) is 42.6 Å². The molecule has 0 unspecified atom stereocenters. The number of nitrogens with zero attached hydrogens (tertiary/aromatic N) is 3. The summed E-state index contributed by atoms with van der Waals surface area (Å²) in [5, 5.41) is 4.99. The first kappa shape index (κ1) is 21.7. The van der Waals surface area contributed by atoms with Gasteiger partial charge >= 0.3 is 0 Å². The van der Waals surface area contributed by atoms with Crippen LogP contribution in [0, 0.1) is 6.92 Å². The van der Waals surface area contributed by atoms with Gasteiger partial charge in [0.15, 0.2) is 5.13 Å². The molecule has 0 saturated carbocycles. The van der Waals surface area contributed by atoms with Gasteiger partial charge in [0, 0.05) is 24.2 Å². The molecule has 0 saturated heterocycles. The predicted molar refractivity (Wildman–Crippen MR) is 127 cm³/mol. The van der Waals surface area contributed by atoms with Gasteiger partial charge in [0.2, 0.25) is 0 Å². The molecule has 9 heteroatoms. The molecule has 0 aliphatic heterocycles. The first-order valence-corrected chi connectivity index (χ1v) is 12.0. The molecule has 1 N–H and O–H groups in total. The van der Waals surface area contributed by atoms with Crippen LogP contribution in [0.1, 0.15) is 15.9 Å². The van der Waals surface area contributed by atoms with E-state index < -0.39 is 10.0 Å². The molecule has 2 heterocycles. The van der Waals surface area contributed by atoms with Crippen molar-refractivity contribution in [2.75, 3.05) is 16.7 Å². The van der Waals surface area contributed by atoms with E-state index in [0.717, 1.165) is 11.3 Å². The van der Waals surface area contributed by atoms with E-state index in [4.69, 9.17) is 0 Å². The molecule has 162 valence electrons. The lowest BCUT2D eigenvalue weighted by Gasteiger charge is -2.19. The molecule has 2 aromatic carbocycles. The van der Waals surface area contributed by atoms with Crippen LogP contribution in [0.3, 0.4) is 0 Å². The average molecular weight is 465 g/mol. The minimum atomic E-state index is -3.75. The molecule has 0 atom stereocenters. The predicted octanol–water partition coefficient (Wildman–Crippen LogP) is 4.59. The number of carbonyl (C=O) groups is 1. The lowest BCUT2D eigenvalue weighted by Crippen LogP contribution is -2.26. The van der Waals surface area contributed by atoms with Gasteiger partial charge < -0.3 is 0 Å². The Morgan fingerprint density at radius 2 is 1.69 bits per heavy atom. The number of thiazole rings is 1. The lowest BCUT2D eigenvalue weighted by molar-refractivity contribution is 0.102. The van der Waals surface area contributed by atoms with Crippen LogP contribution in [-0.2, 0) is 10.0 Å². The van der Waals surface area contributed by atoms with Crippen molar-refractivity contribution in [3.8, 4) is 11.4 Å². The number of aryl methyl sites for hydroxylation is 1. The molecule has 7 nitrogen and oxygen atoms in total. The van der Waals surface area contributed by atoms with Gasteiger partial charge in [-0.2, -0.15) is 0 Å². The highest BCUT2D eigenvalue weighted by Gasteiger charge is 2.22. The Hall–Kier alpha value is -3.56. The highest BCUT2D eigenvalue weighted by Crippen LogP contribution is 2.25. The molecule has 0 fully saturated rings. The number of aromatic nitrogens is 2. The Kier molecular flexibility index (Phi) is 6.02. The van der Waals surface area contributed by atoms with Gasteiger partial charge in [-0.15, -0.1) is 11.3 Å². The van der Waals surface area contributed by atoms with E-state index in [1.54, 1.807) is 18.3 Å². The number of hydrogen-bond acceptors (Lipinski definition) is 6. The Balaban J connectivity index is 1.48. The number of hydrogen-bond donors (Lipinski definition) is 1. The number of anilines is 2. The van der Waals surface area contributed by atoms with Crippen LogP contribution in [0.2, 0.25) is 0 Å². The Morgan fingerprint density at radius 3 is 2.34 bits per heavy atom. The third kappa shape index (κ3) is 4.53. The van der Waals surface area contributed by atoms with Crippen molar-refractivity contribution in [1.82, 2.24) is 9.97 Å². The molecule has 4 aromatic rings. The van der Waals surface area contributed by atoms with Crippen molar-refractivity contribution in [2.45, 2.75) is 11.8 Å². The normalized spacial score (nSPS) is 11.2. The largest absolute Gasteiger partial charge is 0.298 e. The monoisotopic (exact) mass is 464 g/mol. The Bertz CT molecular complexity index is 1330. The third-order valence-corrected chi connectivity index (χ3v) is 7.38. The zero-order valence-corrected chi connectivity index (χ0v) is 19.0. The first-order chi connectivity index (χ1) is 15.3. The second kappa shape index (κ2) is 8.89. The summed E-state index contributed by atoms with van der Waals surface area (Å²) in [5.41, 5.74) is 3.33. The highest BCUT2D eigenvalue weighted by atomic mass is 32.2. The van der Waals surface area contributed by atoms with E-state index in [-0.39, 0.29) is 10.8 Å². The van der Waals surface area contributed by atoms with Gasteiger partial charge in [-0.05, 0) is 55.5 Å².